The normalized spacial score (nSPS) is 17.5. The third-order valence-corrected chi connectivity index (χ3v) is 6.83. The number of piperidine rings is 1. The van der Waals surface area contributed by atoms with Gasteiger partial charge in [0.2, 0.25) is 10.0 Å². The van der Waals surface area contributed by atoms with Crippen molar-refractivity contribution in [3.8, 4) is 0 Å². The van der Waals surface area contributed by atoms with E-state index < -0.39 is 10.0 Å². The summed E-state index contributed by atoms with van der Waals surface area (Å²) in [6, 6.07) is 7.05. The highest BCUT2D eigenvalue weighted by molar-refractivity contribution is 9.10. The van der Waals surface area contributed by atoms with E-state index in [1.54, 1.807) is 34.9 Å². The highest BCUT2D eigenvalue weighted by Gasteiger charge is 2.31. The molecule has 130 valence electrons. The molecule has 24 heavy (non-hydrogen) atoms. The Bertz CT molecular complexity index is 794. The number of hydrogen-bond acceptors (Lipinski definition) is 4. The zero-order valence-corrected chi connectivity index (χ0v) is 16.2. The van der Waals surface area contributed by atoms with Crippen LogP contribution in [-0.2, 0) is 10.0 Å². The maximum atomic E-state index is 12.7. The van der Waals surface area contributed by atoms with Gasteiger partial charge in [0.15, 0.2) is 0 Å². The number of rotatable bonds is 4. The molecule has 8 heteroatoms. The summed E-state index contributed by atoms with van der Waals surface area (Å²) in [7, 11) is -3.43. The average Bonchev–Trinajstić information content (AvgIpc) is 3.05. The van der Waals surface area contributed by atoms with Crippen LogP contribution in [0.15, 0.2) is 40.0 Å². The maximum Gasteiger partial charge on any atom is 0.243 e. The zero-order valence-electron chi connectivity index (χ0n) is 13.8. The monoisotopic (exact) mass is 412 g/mol. The molecule has 1 aromatic heterocycles. The molecule has 1 aliphatic heterocycles. The highest BCUT2D eigenvalue weighted by Crippen LogP contribution is 2.29. The Balaban J connectivity index is 1.73. The van der Waals surface area contributed by atoms with Gasteiger partial charge in [0, 0.05) is 29.5 Å². The van der Waals surface area contributed by atoms with E-state index in [-0.39, 0.29) is 6.04 Å². The second-order valence-electron chi connectivity index (χ2n) is 6.34. The quantitative estimate of drug-likeness (QED) is 0.772. The molecule has 0 bridgehead atoms. The smallest absolute Gasteiger partial charge is 0.243 e. The molecule has 0 radical (unpaired) electrons. The van der Waals surface area contributed by atoms with Crippen molar-refractivity contribution in [3.05, 3.63) is 40.9 Å². The van der Waals surface area contributed by atoms with Crippen LogP contribution in [0.2, 0.25) is 0 Å². The van der Waals surface area contributed by atoms with E-state index in [1.165, 1.54) is 0 Å². The SMILES string of the molecule is CC(C)c1nncn1C1CCN(S(=O)(=O)c2ccc(Br)cc2)CC1. The summed E-state index contributed by atoms with van der Waals surface area (Å²) in [6.45, 7) is 5.21. The Morgan fingerprint density at radius 1 is 1.17 bits per heavy atom. The molecule has 3 rings (SSSR count). The van der Waals surface area contributed by atoms with Gasteiger partial charge in [0.1, 0.15) is 12.2 Å². The van der Waals surface area contributed by atoms with Crippen molar-refractivity contribution in [2.75, 3.05) is 13.1 Å². The molecule has 0 unspecified atom stereocenters. The number of aromatic nitrogens is 3. The predicted octanol–water partition coefficient (Wildman–Crippen LogP) is 3.19. The van der Waals surface area contributed by atoms with Gasteiger partial charge in [0.25, 0.3) is 0 Å². The van der Waals surface area contributed by atoms with E-state index in [0.717, 1.165) is 23.1 Å². The largest absolute Gasteiger partial charge is 0.314 e. The molecular weight excluding hydrogens is 392 g/mol. The molecule has 0 N–H and O–H groups in total. The second kappa shape index (κ2) is 6.93. The molecule has 2 heterocycles. The van der Waals surface area contributed by atoms with Gasteiger partial charge in [-0.25, -0.2) is 8.42 Å². The van der Waals surface area contributed by atoms with Gasteiger partial charge >= 0.3 is 0 Å². The van der Waals surface area contributed by atoms with Gasteiger partial charge in [-0.3, -0.25) is 0 Å². The van der Waals surface area contributed by atoms with E-state index in [2.05, 4.69) is 44.5 Å². The van der Waals surface area contributed by atoms with Gasteiger partial charge < -0.3 is 4.57 Å². The number of nitrogens with zero attached hydrogens (tertiary/aromatic N) is 4. The van der Waals surface area contributed by atoms with Crippen LogP contribution in [0.25, 0.3) is 0 Å². The first-order valence-electron chi connectivity index (χ1n) is 8.04. The lowest BCUT2D eigenvalue weighted by atomic mass is 10.1. The lowest BCUT2D eigenvalue weighted by Gasteiger charge is -2.32. The summed E-state index contributed by atoms with van der Waals surface area (Å²) < 4.78 is 30.0. The van der Waals surface area contributed by atoms with Crippen LogP contribution in [0.4, 0.5) is 0 Å². The first kappa shape index (κ1) is 17.6. The van der Waals surface area contributed by atoms with E-state index in [9.17, 15) is 8.42 Å². The van der Waals surface area contributed by atoms with E-state index in [0.29, 0.717) is 23.9 Å². The molecule has 1 saturated heterocycles. The number of sulfonamides is 1. The Morgan fingerprint density at radius 2 is 1.79 bits per heavy atom. The summed E-state index contributed by atoms with van der Waals surface area (Å²) in [6.07, 6.45) is 3.31. The fourth-order valence-corrected chi connectivity index (χ4v) is 4.80. The lowest BCUT2D eigenvalue weighted by Crippen LogP contribution is -2.39. The van der Waals surface area contributed by atoms with Crippen LogP contribution in [0.3, 0.4) is 0 Å². The van der Waals surface area contributed by atoms with Gasteiger partial charge in [-0.2, -0.15) is 4.31 Å². The molecule has 0 spiro atoms. The van der Waals surface area contributed by atoms with Crippen LogP contribution in [0, 0.1) is 0 Å². The van der Waals surface area contributed by atoms with E-state index in [1.807, 2.05) is 0 Å². The van der Waals surface area contributed by atoms with Crippen molar-refractivity contribution in [2.24, 2.45) is 0 Å². The number of benzene rings is 1. The second-order valence-corrected chi connectivity index (χ2v) is 9.19. The Labute approximate surface area is 151 Å². The molecule has 1 aromatic carbocycles. The molecule has 1 fully saturated rings. The minimum Gasteiger partial charge on any atom is -0.314 e. The summed E-state index contributed by atoms with van der Waals surface area (Å²) in [5.74, 6) is 1.27. The van der Waals surface area contributed by atoms with Gasteiger partial charge in [-0.05, 0) is 37.1 Å². The minimum atomic E-state index is -3.43. The third kappa shape index (κ3) is 3.41. The van der Waals surface area contributed by atoms with Crippen molar-refractivity contribution in [2.45, 2.75) is 43.5 Å². The average molecular weight is 413 g/mol. The molecule has 0 amide bonds. The molecule has 0 saturated carbocycles. The van der Waals surface area contributed by atoms with Crippen molar-refractivity contribution in [1.82, 2.24) is 19.1 Å². The Hall–Kier alpha value is -1.25. The first-order chi connectivity index (χ1) is 11.4. The van der Waals surface area contributed by atoms with Gasteiger partial charge in [0.05, 0.1) is 4.90 Å². The summed E-state index contributed by atoms with van der Waals surface area (Å²) >= 11 is 3.33. The van der Waals surface area contributed by atoms with Crippen LogP contribution in [0.5, 0.6) is 0 Å². The summed E-state index contributed by atoms with van der Waals surface area (Å²) in [5.41, 5.74) is 0. The fourth-order valence-electron chi connectivity index (χ4n) is 3.06. The Morgan fingerprint density at radius 3 is 2.38 bits per heavy atom. The molecule has 2 aromatic rings. The summed E-state index contributed by atoms with van der Waals surface area (Å²) in [4.78, 5) is 0.344. The van der Waals surface area contributed by atoms with Crippen molar-refractivity contribution in [3.63, 3.8) is 0 Å². The van der Waals surface area contributed by atoms with Crippen molar-refractivity contribution >= 4 is 26.0 Å². The lowest BCUT2D eigenvalue weighted by molar-refractivity contribution is 0.269. The molecule has 6 nitrogen and oxygen atoms in total. The minimum absolute atomic E-state index is 0.258. The van der Waals surface area contributed by atoms with Crippen LogP contribution < -0.4 is 0 Å². The zero-order chi connectivity index (χ0) is 17.3. The predicted molar refractivity (Wildman–Crippen MR) is 95.3 cm³/mol. The number of hydrogen-bond donors (Lipinski definition) is 0. The molecule has 0 aliphatic carbocycles. The van der Waals surface area contributed by atoms with Crippen molar-refractivity contribution in [1.29, 1.82) is 0 Å². The molecule has 0 atom stereocenters. The Kier molecular flexibility index (Phi) is 5.08. The molecular formula is C16H21BrN4O2S. The highest BCUT2D eigenvalue weighted by atomic mass is 79.9. The van der Waals surface area contributed by atoms with E-state index in [4.69, 9.17) is 0 Å². The third-order valence-electron chi connectivity index (χ3n) is 4.39. The maximum absolute atomic E-state index is 12.7. The fraction of sp³-hybridized carbons (Fsp3) is 0.500. The van der Waals surface area contributed by atoms with Crippen molar-refractivity contribution < 1.29 is 8.42 Å². The summed E-state index contributed by atoms with van der Waals surface area (Å²) in [5, 5.41) is 8.21. The first-order valence-corrected chi connectivity index (χ1v) is 10.3. The van der Waals surface area contributed by atoms with Crippen LogP contribution in [0.1, 0.15) is 44.5 Å². The van der Waals surface area contributed by atoms with Gasteiger partial charge in [-0.15, -0.1) is 10.2 Å². The molecule has 1 aliphatic rings. The standard InChI is InChI=1S/C16H21BrN4O2S/c1-12(2)16-19-18-11-21(16)14-7-9-20(10-8-14)24(22,23)15-5-3-13(17)4-6-15/h3-6,11-12,14H,7-10H2,1-2H3. The van der Waals surface area contributed by atoms with Crippen LogP contribution >= 0.6 is 15.9 Å². The topological polar surface area (TPSA) is 68.1 Å². The van der Waals surface area contributed by atoms with E-state index >= 15 is 0 Å². The van der Waals surface area contributed by atoms with Crippen LogP contribution in [-0.4, -0.2) is 40.6 Å². The van der Waals surface area contributed by atoms with Gasteiger partial charge in [-0.1, -0.05) is 29.8 Å². The number of halogens is 1.